The summed E-state index contributed by atoms with van der Waals surface area (Å²) >= 11 is 0. The van der Waals surface area contributed by atoms with E-state index in [0.29, 0.717) is 12.4 Å². The largest absolute Gasteiger partial charge is 0.491 e. The predicted molar refractivity (Wildman–Crippen MR) is 81.7 cm³/mol. The van der Waals surface area contributed by atoms with Crippen molar-refractivity contribution in [3.05, 3.63) is 24.3 Å². The first-order valence-corrected chi connectivity index (χ1v) is 7.26. The summed E-state index contributed by atoms with van der Waals surface area (Å²) < 4.78 is 11.2. The van der Waals surface area contributed by atoms with Crippen molar-refractivity contribution in [1.82, 2.24) is 5.32 Å². The van der Waals surface area contributed by atoms with Gasteiger partial charge in [-0.25, -0.2) is 4.79 Å². The number of rotatable bonds is 6. The molecular weight excluding hydrogens is 286 g/mol. The van der Waals surface area contributed by atoms with Gasteiger partial charge in [0.25, 0.3) is 0 Å². The molecular formula is C15H21N3O4. The highest BCUT2D eigenvalue weighted by atomic mass is 16.5. The molecule has 0 aromatic heterocycles. The topological polar surface area (TPSA) is 103 Å². The second-order valence-corrected chi connectivity index (χ2v) is 5.19. The molecule has 0 unspecified atom stereocenters. The van der Waals surface area contributed by atoms with Crippen LogP contribution in [0, 0.1) is 0 Å². The van der Waals surface area contributed by atoms with E-state index in [9.17, 15) is 9.59 Å². The number of benzene rings is 1. The van der Waals surface area contributed by atoms with Gasteiger partial charge in [0.2, 0.25) is 5.91 Å². The number of hydrogen-bond donors (Lipinski definition) is 3. The maximum absolute atomic E-state index is 11.6. The Labute approximate surface area is 129 Å². The van der Waals surface area contributed by atoms with Gasteiger partial charge in [-0.2, -0.15) is 0 Å². The van der Waals surface area contributed by atoms with Crippen molar-refractivity contribution >= 4 is 17.6 Å². The minimum absolute atomic E-state index is 0.150. The molecule has 1 fully saturated rings. The molecule has 2 atom stereocenters. The third kappa shape index (κ3) is 4.92. The molecule has 22 heavy (non-hydrogen) atoms. The third-order valence-electron chi connectivity index (χ3n) is 3.32. The number of hydrogen-bond acceptors (Lipinski definition) is 5. The molecule has 4 N–H and O–H groups in total. The van der Waals surface area contributed by atoms with E-state index in [0.717, 1.165) is 25.1 Å². The van der Waals surface area contributed by atoms with Gasteiger partial charge >= 0.3 is 6.03 Å². The van der Waals surface area contributed by atoms with Crippen LogP contribution < -0.4 is 21.1 Å². The van der Waals surface area contributed by atoms with E-state index in [1.54, 1.807) is 13.0 Å². The molecule has 1 aromatic carbocycles. The Bertz CT molecular complexity index is 529. The molecule has 7 heteroatoms. The van der Waals surface area contributed by atoms with E-state index in [1.807, 2.05) is 23.5 Å². The lowest BCUT2D eigenvalue weighted by Crippen LogP contribution is -2.43. The third-order valence-corrected chi connectivity index (χ3v) is 3.32. The Hall–Kier alpha value is -2.28. The summed E-state index contributed by atoms with van der Waals surface area (Å²) in [5.74, 6) is 0.209. The number of imide groups is 1. The second-order valence-electron chi connectivity index (χ2n) is 5.19. The molecule has 0 bridgehead atoms. The van der Waals surface area contributed by atoms with Crippen LogP contribution in [-0.2, 0) is 9.53 Å². The van der Waals surface area contributed by atoms with Crippen LogP contribution in [0.2, 0.25) is 0 Å². The quantitative estimate of drug-likeness (QED) is 0.734. The summed E-state index contributed by atoms with van der Waals surface area (Å²) in [6, 6.07) is 5.81. The fourth-order valence-corrected chi connectivity index (χ4v) is 2.19. The normalized spacial score (nSPS) is 18.5. The average molecular weight is 307 g/mol. The molecule has 0 spiro atoms. The van der Waals surface area contributed by atoms with Crippen LogP contribution in [0.1, 0.15) is 19.8 Å². The van der Waals surface area contributed by atoms with E-state index in [2.05, 4.69) is 5.32 Å². The smallest absolute Gasteiger partial charge is 0.318 e. The van der Waals surface area contributed by atoms with E-state index < -0.39 is 18.0 Å². The molecule has 7 nitrogen and oxygen atoms in total. The van der Waals surface area contributed by atoms with Gasteiger partial charge in [-0.15, -0.1) is 0 Å². The van der Waals surface area contributed by atoms with Crippen molar-refractivity contribution in [3.63, 3.8) is 0 Å². The van der Waals surface area contributed by atoms with Crippen LogP contribution in [0.25, 0.3) is 0 Å². The highest BCUT2D eigenvalue weighted by molar-refractivity contribution is 5.97. The van der Waals surface area contributed by atoms with Crippen molar-refractivity contribution in [1.29, 1.82) is 0 Å². The van der Waals surface area contributed by atoms with Crippen molar-refractivity contribution in [2.45, 2.75) is 31.9 Å². The van der Waals surface area contributed by atoms with Crippen molar-refractivity contribution in [2.75, 3.05) is 18.5 Å². The summed E-state index contributed by atoms with van der Waals surface area (Å²) in [5.41, 5.74) is 5.64. The Morgan fingerprint density at radius 1 is 1.50 bits per heavy atom. The number of amides is 3. The van der Waals surface area contributed by atoms with Gasteiger partial charge in [-0.3, -0.25) is 10.1 Å². The zero-order chi connectivity index (χ0) is 15.9. The summed E-state index contributed by atoms with van der Waals surface area (Å²) in [6.45, 7) is 2.95. The van der Waals surface area contributed by atoms with E-state index in [4.69, 9.17) is 15.2 Å². The van der Waals surface area contributed by atoms with Crippen molar-refractivity contribution in [3.8, 4) is 5.75 Å². The maximum atomic E-state index is 11.6. The number of ether oxygens (including phenoxy) is 2. The standard InChI is InChI=1S/C15H21N3O4/c1-10(14(19)18-15(16)20)17-11-4-2-5-12(8-11)22-9-13-6-3-7-21-13/h2,4-5,8,10,13,17H,3,6-7,9H2,1H3,(H3,16,18,19,20)/t10-,13-/m0/s1. The minimum Gasteiger partial charge on any atom is -0.491 e. The lowest BCUT2D eigenvalue weighted by molar-refractivity contribution is -0.120. The van der Waals surface area contributed by atoms with Gasteiger partial charge < -0.3 is 20.5 Å². The number of primary amides is 1. The zero-order valence-corrected chi connectivity index (χ0v) is 12.5. The second kappa shape index (κ2) is 7.65. The van der Waals surface area contributed by atoms with Gasteiger partial charge in [0.15, 0.2) is 0 Å². The molecule has 1 aliphatic rings. The molecule has 0 saturated carbocycles. The van der Waals surface area contributed by atoms with Crippen molar-refractivity contribution < 1.29 is 19.1 Å². The Balaban J connectivity index is 1.87. The fraction of sp³-hybridized carbons (Fsp3) is 0.467. The average Bonchev–Trinajstić information content (AvgIpc) is 2.98. The molecule has 0 aliphatic carbocycles. The summed E-state index contributed by atoms with van der Waals surface area (Å²) in [5, 5.41) is 5.01. The van der Waals surface area contributed by atoms with Gasteiger partial charge in [-0.05, 0) is 31.9 Å². The van der Waals surface area contributed by atoms with Crippen LogP contribution in [0.5, 0.6) is 5.75 Å². The first kappa shape index (κ1) is 16.1. The van der Waals surface area contributed by atoms with Gasteiger partial charge in [0.05, 0.1) is 6.10 Å². The van der Waals surface area contributed by atoms with Crippen LogP contribution in [0.15, 0.2) is 24.3 Å². The Kier molecular flexibility index (Phi) is 5.60. The van der Waals surface area contributed by atoms with Crippen LogP contribution in [0.4, 0.5) is 10.5 Å². The lowest BCUT2D eigenvalue weighted by atomic mass is 10.2. The maximum Gasteiger partial charge on any atom is 0.318 e. The number of anilines is 1. The molecule has 0 radical (unpaired) electrons. The highest BCUT2D eigenvalue weighted by Gasteiger charge is 2.17. The number of nitrogens with one attached hydrogen (secondary N) is 2. The van der Waals surface area contributed by atoms with Gasteiger partial charge in [0.1, 0.15) is 18.4 Å². The zero-order valence-electron chi connectivity index (χ0n) is 12.5. The molecule has 1 heterocycles. The number of carbonyl (C=O) groups excluding carboxylic acids is 2. The summed E-state index contributed by atoms with van der Waals surface area (Å²) in [6.07, 6.45) is 2.24. The summed E-state index contributed by atoms with van der Waals surface area (Å²) in [7, 11) is 0. The van der Waals surface area contributed by atoms with E-state index >= 15 is 0 Å². The van der Waals surface area contributed by atoms with Gasteiger partial charge in [-0.1, -0.05) is 6.07 Å². The molecule has 1 saturated heterocycles. The summed E-state index contributed by atoms with van der Waals surface area (Å²) in [4.78, 5) is 22.3. The van der Waals surface area contributed by atoms with Crippen molar-refractivity contribution in [2.24, 2.45) is 5.73 Å². The number of nitrogens with two attached hydrogens (primary N) is 1. The Morgan fingerprint density at radius 2 is 2.32 bits per heavy atom. The first-order chi connectivity index (χ1) is 10.5. The monoisotopic (exact) mass is 307 g/mol. The SMILES string of the molecule is C[C@H](Nc1cccc(OC[C@@H]2CCCO2)c1)C(=O)NC(N)=O. The fourth-order valence-electron chi connectivity index (χ4n) is 2.19. The Morgan fingerprint density at radius 3 is 3.00 bits per heavy atom. The van der Waals surface area contributed by atoms with E-state index in [1.165, 1.54) is 0 Å². The molecule has 1 aliphatic heterocycles. The molecule has 120 valence electrons. The molecule has 3 amide bonds. The van der Waals surface area contributed by atoms with Crippen LogP contribution in [-0.4, -0.2) is 37.3 Å². The lowest BCUT2D eigenvalue weighted by Gasteiger charge is -2.16. The van der Waals surface area contributed by atoms with Crippen LogP contribution >= 0.6 is 0 Å². The molecule has 1 aromatic rings. The highest BCUT2D eigenvalue weighted by Crippen LogP contribution is 2.20. The predicted octanol–water partition coefficient (Wildman–Crippen LogP) is 1.24. The number of carbonyl (C=O) groups is 2. The number of urea groups is 1. The minimum atomic E-state index is -0.868. The van der Waals surface area contributed by atoms with Crippen LogP contribution in [0.3, 0.4) is 0 Å². The molecule has 2 rings (SSSR count). The van der Waals surface area contributed by atoms with Gasteiger partial charge in [0, 0.05) is 18.4 Å². The van der Waals surface area contributed by atoms with E-state index in [-0.39, 0.29) is 6.10 Å². The first-order valence-electron chi connectivity index (χ1n) is 7.26.